The Labute approximate surface area is 292 Å². The molecule has 2 fully saturated rings. The van der Waals surface area contributed by atoms with E-state index in [0.717, 1.165) is 30.5 Å². The molecule has 9 atom stereocenters. The number of fused-ring (bicyclic) bond motifs is 1. The number of ether oxygens (including phenoxy) is 3. The zero-order chi connectivity index (χ0) is 36.1. The summed E-state index contributed by atoms with van der Waals surface area (Å²) < 4.78 is 19.9. The fraction of sp³-hybridized carbons (Fsp3) is 0.694. The molecular formula is C36H55BN6O6. The summed E-state index contributed by atoms with van der Waals surface area (Å²) in [6, 6.07) is 6.90. The van der Waals surface area contributed by atoms with Crippen molar-refractivity contribution in [2.75, 3.05) is 25.9 Å². The van der Waals surface area contributed by atoms with E-state index in [0.29, 0.717) is 38.2 Å². The van der Waals surface area contributed by atoms with Crippen molar-refractivity contribution in [2.45, 2.75) is 122 Å². The van der Waals surface area contributed by atoms with Crippen molar-refractivity contribution in [1.29, 1.82) is 0 Å². The molecule has 0 bridgehead atoms. The number of nitrogens with one attached hydrogen (secondary N) is 1. The maximum atomic E-state index is 13.6. The van der Waals surface area contributed by atoms with Gasteiger partial charge in [0, 0.05) is 43.4 Å². The molecular weight excluding hydrogens is 623 g/mol. The monoisotopic (exact) mass is 678 g/mol. The predicted molar refractivity (Wildman–Crippen MR) is 189 cm³/mol. The number of unbranched alkanes of at least 4 members (excludes halogenated alkanes) is 2. The van der Waals surface area contributed by atoms with Gasteiger partial charge >= 0.3 is 12.1 Å². The van der Waals surface area contributed by atoms with E-state index < -0.39 is 53.1 Å². The molecule has 2 aliphatic rings. The molecule has 2 aromatic rings. The van der Waals surface area contributed by atoms with Crippen LogP contribution in [0.1, 0.15) is 80.6 Å². The predicted octanol–water partition coefficient (Wildman–Crippen LogP) is 4.82. The molecule has 12 nitrogen and oxygen atoms in total. The molecule has 268 valence electrons. The Hall–Kier alpha value is -3.45. The Morgan fingerprint density at radius 2 is 1.82 bits per heavy atom. The van der Waals surface area contributed by atoms with Gasteiger partial charge < -0.3 is 25.3 Å². The van der Waals surface area contributed by atoms with Gasteiger partial charge in [-0.2, -0.15) is 0 Å². The first kappa shape index (κ1) is 38.4. The van der Waals surface area contributed by atoms with Gasteiger partial charge in [-0.25, -0.2) is 4.79 Å². The summed E-state index contributed by atoms with van der Waals surface area (Å²) in [6.07, 6.45) is 4.12. The van der Waals surface area contributed by atoms with Gasteiger partial charge in [-0.3, -0.25) is 19.2 Å². The first-order valence-corrected chi connectivity index (χ1v) is 17.7. The third-order valence-corrected chi connectivity index (χ3v) is 10.7. The van der Waals surface area contributed by atoms with Crippen molar-refractivity contribution in [3.05, 3.63) is 30.5 Å². The highest BCUT2D eigenvalue weighted by Gasteiger charge is 2.58. The first-order valence-electron chi connectivity index (χ1n) is 17.7. The van der Waals surface area contributed by atoms with Crippen LogP contribution in [0.15, 0.2) is 30.5 Å². The highest BCUT2D eigenvalue weighted by molar-refractivity contribution is 6.15. The highest BCUT2D eigenvalue weighted by Crippen LogP contribution is 2.40. The number of hydrogen-bond acceptors (Lipinski definition) is 10. The first-order chi connectivity index (χ1) is 23.1. The van der Waals surface area contributed by atoms with Gasteiger partial charge in [0.05, 0.1) is 25.7 Å². The largest absolute Gasteiger partial charge is 0.458 e. The van der Waals surface area contributed by atoms with Crippen LogP contribution in [-0.4, -0.2) is 95.2 Å². The Bertz CT molecular complexity index is 1460. The number of cyclic esters (lactones) is 1. The molecule has 0 unspecified atom stereocenters. The topological polar surface area (TPSA) is 151 Å². The van der Waals surface area contributed by atoms with Gasteiger partial charge in [-0.05, 0) is 90.2 Å². The second-order valence-electron chi connectivity index (χ2n) is 14.5. The summed E-state index contributed by atoms with van der Waals surface area (Å²) >= 11 is 0. The summed E-state index contributed by atoms with van der Waals surface area (Å²) in [5, 5.41) is 12.2. The molecule has 0 aliphatic carbocycles. The number of hydrogen-bond donors (Lipinski definition) is 2. The molecule has 3 heterocycles. The maximum Gasteiger partial charge on any atom is 0.410 e. The van der Waals surface area contributed by atoms with Crippen LogP contribution < -0.4 is 11.1 Å². The molecule has 2 aliphatic heterocycles. The minimum Gasteiger partial charge on any atom is -0.458 e. The molecule has 49 heavy (non-hydrogen) atoms. The number of carbonyl (C=O) groups excluding carboxylic acids is 3. The molecule has 2 saturated heterocycles. The van der Waals surface area contributed by atoms with Gasteiger partial charge in [0.15, 0.2) is 5.60 Å². The SMILES string of the molecule is [B][C@@H]1[C@@H](C)C(=O)[C@@H](C)C(=O)O[C@H](CC)[C@@]2(C)OC(=O)N(CCCCCn3cc(-c4cccc(N)c4)nn3)[C@@H]2[C@@H](C)NC[C@H](C)C[C@@]1(C)OC. The third-order valence-electron chi connectivity index (χ3n) is 10.7. The molecule has 1 amide bonds. The average Bonchev–Trinajstić information content (AvgIpc) is 3.65. The average molecular weight is 679 g/mol. The number of amides is 1. The van der Waals surface area contributed by atoms with Gasteiger partial charge in [0.2, 0.25) is 0 Å². The lowest BCUT2D eigenvalue weighted by atomic mass is 9.62. The van der Waals surface area contributed by atoms with Gasteiger partial charge in [-0.1, -0.05) is 38.1 Å². The van der Waals surface area contributed by atoms with Crippen LogP contribution in [-0.2, 0) is 30.3 Å². The van der Waals surface area contributed by atoms with Gasteiger partial charge in [0.1, 0.15) is 23.5 Å². The lowest BCUT2D eigenvalue weighted by molar-refractivity contribution is -0.170. The molecule has 3 N–H and O–H groups in total. The quantitative estimate of drug-likeness (QED) is 0.124. The second-order valence-corrected chi connectivity index (χ2v) is 14.5. The lowest BCUT2D eigenvalue weighted by Gasteiger charge is -2.41. The Balaban J connectivity index is 1.49. The normalized spacial score (nSPS) is 33.3. The number of ketones is 1. The summed E-state index contributed by atoms with van der Waals surface area (Å²) in [7, 11) is 8.26. The van der Waals surface area contributed by atoms with Crippen LogP contribution in [0.3, 0.4) is 0 Å². The molecule has 4 rings (SSSR count). The smallest absolute Gasteiger partial charge is 0.410 e. The number of esters is 1. The standard InChI is InChI=1S/C36H55BN6O6/c1-9-29-36(7)32(25(5)39-20-22(2)19-35(6,47-8)31(37)23(3)30(44)24(4)33(45)48-29)43(34(46)49-36)17-12-10-11-16-42-21-28(40-41-42)26-14-13-15-27(38)18-26/h13-15,18,21-25,29,31-32,39H,9-12,16-17,19-20,38H2,1-8H3/t22-,23+,24-,25-,29-,31-,32-,35-,36-/m1/s1. The van der Waals surface area contributed by atoms with Crippen LogP contribution in [0.4, 0.5) is 10.5 Å². The highest BCUT2D eigenvalue weighted by atomic mass is 16.6. The minimum atomic E-state index is -1.15. The van der Waals surface area contributed by atoms with Crippen LogP contribution in [0, 0.1) is 17.8 Å². The Morgan fingerprint density at radius 1 is 1.10 bits per heavy atom. The molecule has 1 aromatic heterocycles. The number of anilines is 1. The number of carbonyl (C=O) groups is 3. The number of aryl methyl sites for hydroxylation is 1. The fourth-order valence-corrected chi connectivity index (χ4v) is 7.64. The maximum absolute atomic E-state index is 13.6. The van der Waals surface area contributed by atoms with Crippen molar-refractivity contribution in [3.8, 4) is 11.3 Å². The fourth-order valence-electron chi connectivity index (χ4n) is 7.64. The van der Waals surface area contributed by atoms with Crippen molar-refractivity contribution in [3.63, 3.8) is 0 Å². The Kier molecular flexibility index (Phi) is 12.6. The summed E-state index contributed by atoms with van der Waals surface area (Å²) in [5.41, 5.74) is 6.32. The van der Waals surface area contributed by atoms with Crippen LogP contribution >= 0.6 is 0 Å². The van der Waals surface area contributed by atoms with Gasteiger partial charge in [0.25, 0.3) is 0 Å². The summed E-state index contributed by atoms with van der Waals surface area (Å²) in [6.45, 7) is 14.9. The summed E-state index contributed by atoms with van der Waals surface area (Å²) in [4.78, 5) is 42.4. The number of aromatic nitrogens is 3. The van der Waals surface area contributed by atoms with E-state index in [1.54, 1.807) is 25.9 Å². The van der Waals surface area contributed by atoms with Crippen LogP contribution in [0.25, 0.3) is 11.3 Å². The van der Waals surface area contributed by atoms with Crippen LogP contribution in [0.2, 0.25) is 5.82 Å². The number of nitrogens with zero attached hydrogens (tertiary/aromatic N) is 4. The van der Waals surface area contributed by atoms with E-state index in [-0.39, 0.29) is 17.7 Å². The number of nitrogen functional groups attached to an aromatic ring is 1. The zero-order valence-corrected chi connectivity index (χ0v) is 30.5. The van der Waals surface area contributed by atoms with E-state index in [4.69, 9.17) is 27.8 Å². The summed E-state index contributed by atoms with van der Waals surface area (Å²) in [5.74, 6) is -3.15. The van der Waals surface area contributed by atoms with Crippen LogP contribution in [0.5, 0.6) is 0 Å². The molecule has 1 aromatic carbocycles. The number of methoxy groups -OCH3 is 1. The molecule has 2 radical (unpaired) electrons. The lowest BCUT2D eigenvalue weighted by Crippen LogP contribution is -2.60. The van der Waals surface area contributed by atoms with E-state index in [9.17, 15) is 14.4 Å². The minimum absolute atomic E-state index is 0.123. The van der Waals surface area contributed by atoms with E-state index >= 15 is 0 Å². The van der Waals surface area contributed by atoms with Crippen molar-refractivity contribution >= 4 is 31.4 Å². The van der Waals surface area contributed by atoms with Crippen molar-refractivity contribution in [1.82, 2.24) is 25.2 Å². The number of nitrogens with two attached hydrogens (primary N) is 1. The zero-order valence-electron chi connectivity index (χ0n) is 30.5. The molecule has 13 heteroatoms. The van der Waals surface area contributed by atoms with Crippen molar-refractivity contribution in [2.24, 2.45) is 17.8 Å². The van der Waals surface area contributed by atoms with Crippen molar-refractivity contribution < 1.29 is 28.6 Å². The second kappa shape index (κ2) is 16.1. The van der Waals surface area contributed by atoms with Gasteiger partial charge in [-0.15, -0.1) is 5.10 Å². The number of Topliss-reactive ketones (excluding diaryl/α,β-unsaturated/α-hetero) is 1. The van der Waals surface area contributed by atoms with E-state index in [1.165, 1.54) is 0 Å². The number of rotatable bonds is 9. The van der Waals surface area contributed by atoms with E-state index in [1.807, 2.05) is 62.8 Å². The Morgan fingerprint density at radius 3 is 2.49 bits per heavy atom. The van der Waals surface area contributed by atoms with E-state index in [2.05, 4.69) is 22.6 Å². The molecule has 0 saturated carbocycles. The number of benzene rings is 1. The third kappa shape index (κ3) is 8.48. The molecule has 0 spiro atoms.